The molecule has 1 N–H and O–H groups in total. The summed E-state index contributed by atoms with van der Waals surface area (Å²) in [6.07, 6.45) is 1.20. The highest BCUT2D eigenvalue weighted by molar-refractivity contribution is 6.20. The Morgan fingerprint density at radius 3 is 2.39 bits per heavy atom. The number of aromatic amines is 1. The van der Waals surface area contributed by atoms with Gasteiger partial charge in [0.2, 0.25) is 6.04 Å². The number of H-pyrrole nitrogens is 1. The number of carbonyl (C=O) groups is 2. The van der Waals surface area contributed by atoms with Crippen molar-refractivity contribution in [3.8, 4) is 5.69 Å². The predicted octanol–water partition coefficient (Wildman–Crippen LogP) is 0.865. The highest BCUT2D eigenvalue weighted by atomic mass is 16.3. The van der Waals surface area contributed by atoms with E-state index in [9.17, 15) is 19.3 Å². The van der Waals surface area contributed by atoms with Gasteiger partial charge in [0, 0.05) is 19.8 Å². The van der Waals surface area contributed by atoms with Gasteiger partial charge in [0.15, 0.2) is 5.84 Å². The van der Waals surface area contributed by atoms with Crippen LogP contribution in [0.5, 0.6) is 0 Å². The second kappa shape index (κ2) is 7.39. The third kappa shape index (κ3) is 3.13. The Morgan fingerprint density at radius 2 is 1.75 bits per heavy atom. The molecule has 1 saturated heterocycles. The van der Waals surface area contributed by atoms with Crippen molar-refractivity contribution in [3.05, 3.63) is 56.9 Å². The molecule has 1 unspecified atom stereocenters. The maximum atomic E-state index is 12.6. The molecule has 0 radical (unpaired) electrons. The topological polar surface area (TPSA) is 133 Å². The highest BCUT2D eigenvalue weighted by Gasteiger charge is 2.42. The standard InChI is InChI=1S/C17H17N7O4/c1-10-12(15(25)24(20-10)11-7-5-4-6-8-11)9-18-19-14-13(21-28)16(26)23(3)17(27)22(14)2/h4-9,13,20H,1-3H3/b18-9+,19-14+. The predicted molar refractivity (Wildman–Crippen MR) is 102 cm³/mol. The first-order valence-corrected chi connectivity index (χ1v) is 8.22. The number of para-hydroxylation sites is 1. The Bertz CT molecular complexity index is 1050. The van der Waals surface area contributed by atoms with Crippen molar-refractivity contribution in [2.24, 2.45) is 15.4 Å². The number of imide groups is 1. The van der Waals surface area contributed by atoms with E-state index in [0.29, 0.717) is 11.4 Å². The van der Waals surface area contributed by atoms with Crippen LogP contribution in [0.1, 0.15) is 11.3 Å². The van der Waals surface area contributed by atoms with Crippen LogP contribution in [0.15, 0.2) is 50.5 Å². The lowest BCUT2D eigenvalue weighted by Gasteiger charge is -2.31. The van der Waals surface area contributed by atoms with E-state index in [1.807, 2.05) is 6.07 Å². The minimum Gasteiger partial charge on any atom is -0.295 e. The molecule has 3 amide bonds. The summed E-state index contributed by atoms with van der Waals surface area (Å²) in [6.45, 7) is 1.69. The van der Waals surface area contributed by atoms with E-state index < -0.39 is 18.0 Å². The van der Waals surface area contributed by atoms with Gasteiger partial charge in [0.1, 0.15) is 0 Å². The summed E-state index contributed by atoms with van der Waals surface area (Å²) in [5.74, 6) is -1.01. The van der Waals surface area contributed by atoms with Crippen LogP contribution in [0.4, 0.5) is 4.79 Å². The molecule has 1 aromatic carbocycles. The average Bonchev–Trinajstić information content (AvgIpc) is 2.99. The molecule has 3 rings (SSSR count). The molecular weight excluding hydrogens is 366 g/mol. The van der Waals surface area contributed by atoms with Gasteiger partial charge in [0.05, 0.1) is 17.5 Å². The van der Waals surface area contributed by atoms with E-state index in [-0.39, 0.29) is 17.0 Å². The number of amides is 3. The molecule has 11 nitrogen and oxygen atoms in total. The number of aryl methyl sites for hydroxylation is 1. The summed E-state index contributed by atoms with van der Waals surface area (Å²) in [5, 5.41) is 13.3. The maximum Gasteiger partial charge on any atom is 0.331 e. The summed E-state index contributed by atoms with van der Waals surface area (Å²) in [4.78, 5) is 49.5. The summed E-state index contributed by atoms with van der Waals surface area (Å²) in [7, 11) is 2.59. The summed E-state index contributed by atoms with van der Waals surface area (Å²) < 4.78 is 1.36. The van der Waals surface area contributed by atoms with Crippen molar-refractivity contribution in [3.63, 3.8) is 0 Å². The number of hydrogen-bond donors (Lipinski definition) is 1. The van der Waals surface area contributed by atoms with E-state index >= 15 is 0 Å². The highest BCUT2D eigenvalue weighted by Crippen LogP contribution is 2.14. The van der Waals surface area contributed by atoms with Gasteiger partial charge in [-0.05, 0) is 24.2 Å². The van der Waals surface area contributed by atoms with Crippen LogP contribution in [0.3, 0.4) is 0 Å². The molecule has 1 aromatic heterocycles. The van der Waals surface area contributed by atoms with Crippen molar-refractivity contribution in [1.29, 1.82) is 0 Å². The summed E-state index contributed by atoms with van der Waals surface area (Å²) in [5.41, 5.74) is 1.10. The number of likely N-dealkylation sites (N-methyl/N-ethyl adjacent to an activating group) is 2. The van der Waals surface area contributed by atoms with Gasteiger partial charge in [-0.1, -0.05) is 18.2 Å². The molecule has 0 saturated carbocycles. The molecule has 2 aromatic rings. The SMILES string of the molecule is Cc1[nH]n(-c2ccccc2)c(=O)c1/C=N/N=C1\C(N=O)C(=O)N(C)C(=O)N1C. The Balaban J connectivity index is 1.95. The fourth-order valence-electron chi connectivity index (χ4n) is 2.72. The van der Waals surface area contributed by atoms with Crippen LogP contribution in [0, 0.1) is 11.8 Å². The number of carbonyl (C=O) groups excluding carboxylic acids is 2. The Labute approximate surface area is 158 Å². The molecule has 0 aliphatic carbocycles. The zero-order valence-electron chi connectivity index (χ0n) is 15.4. The number of benzene rings is 1. The molecule has 28 heavy (non-hydrogen) atoms. The van der Waals surface area contributed by atoms with E-state index in [1.54, 1.807) is 31.2 Å². The van der Waals surface area contributed by atoms with Crippen LogP contribution in [-0.4, -0.2) is 63.7 Å². The lowest BCUT2D eigenvalue weighted by Crippen LogP contribution is -2.58. The third-order valence-corrected chi connectivity index (χ3v) is 4.31. The maximum absolute atomic E-state index is 12.6. The molecule has 1 aliphatic rings. The first-order valence-electron chi connectivity index (χ1n) is 8.22. The van der Waals surface area contributed by atoms with Gasteiger partial charge in [0.25, 0.3) is 11.5 Å². The first-order chi connectivity index (χ1) is 13.4. The normalized spacial score (nSPS) is 19.1. The average molecular weight is 383 g/mol. The molecule has 1 fully saturated rings. The van der Waals surface area contributed by atoms with Crippen LogP contribution < -0.4 is 5.56 Å². The number of nitrogens with zero attached hydrogens (tertiary/aromatic N) is 6. The lowest BCUT2D eigenvalue weighted by molar-refractivity contribution is -0.128. The number of amidine groups is 1. The number of nitroso groups, excluding NO2 is 1. The molecule has 1 aliphatic heterocycles. The van der Waals surface area contributed by atoms with Crippen LogP contribution in [-0.2, 0) is 4.79 Å². The zero-order chi connectivity index (χ0) is 20.4. The summed E-state index contributed by atoms with van der Waals surface area (Å²) >= 11 is 0. The quantitative estimate of drug-likeness (QED) is 0.476. The Morgan fingerprint density at radius 1 is 1.07 bits per heavy atom. The van der Waals surface area contributed by atoms with Gasteiger partial charge in [-0.15, -0.1) is 10.0 Å². The Kier molecular flexibility index (Phi) is 4.98. The number of nitrogens with one attached hydrogen (secondary N) is 1. The third-order valence-electron chi connectivity index (χ3n) is 4.31. The van der Waals surface area contributed by atoms with E-state index in [1.165, 1.54) is 25.0 Å². The van der Waals surface area contributed by atoms with E-state index in [4.69, 9.17) is 0 Å². The zero-order valence-corrected chi connectivity index (χ0v) is 15.4. The van der Waals surface area contributed by atoms with E-state index in [0.717, 1.165) is 9.80 Å². The van der Waals surface area contributed by atoms with Gasteiger partial charge in [-0.25, -0.2) is 9.48 Å². The second-order valence-electron chi connectivity index (χ2n) is 6.08. The molecule has 1 atom stereocenters. The first kappa shape index (κ1) is 18.9. The molecular formula is C17H17N7O4. The smallest absolute Gasteiger partial charge is 0.295 e. The molecule has 11 heteroatoms. The Hall–Kier alpha value is -3.89. The molecule has 2 heterocycles. The van der Waals surface area contributed by atoms with Gasteiger partial charge < -0.3 is 0 Å². The molecule has 0 spiro atoms. The van der Waals surface area contributed by atoms with E-state index in [2.05, 4.69) is 20.5 Å². The minimum atomic E-state index is -1.49. The fourth-order valence-corrected chi connectivity index (χ4v) is 2.72. The monoisotopic (exact) mass is 383 g/mol. The van der Waals surface area contributed by atoms with Gasteiger partial charge >= 0.3 is 6.03 Å². The number of aromatic nitrogens is 2. The summed E-state index contributed by atoms with van der Waals surface area (Å²) in [6, 6.07) is 6.82. The van der Waals surface area contributed by atoms with Crippen molar-refractivity contribution < 1.29 is 9.59 Å². The lowest BCUT2D eigenvalue weighted by atomic mass is 10.2. The number of rotatable bonds is 4. The van der Waals surface area contributed by atoms with Gasteiger partial charge in [-0.3, -0.25) is 24.5 Å². The van der Waals surface area contributed by atoms with Crippen molar-refractivity contribution >= 4 is 24.0 Å². The fraction of sp³-hybridized carbons (Fsp3) is 0.235. The van der Waals surface area contributed by atoms with Crippen molar-refractivity contribution in [1.82, 2.24) is 19.6 Å². The minimum absolute atomic E-state index is 0.212. The molecule has 0 bridgehead atoms. The van der Waals surface area contributed by atoms with Crippen LogP contribution in [0.25, 0.3) is 5.69 Å². The number of hydrogen-bond acceptors (Lipinski definition) is 7. The van der Waals surface area contributed by atoms with Gasteiger partial charge in [-0.2, -0.15) is 5.10 Å². The van der Waals surface area contributed by atoms with Crippen LogP contribution >= 0.6 is 0 Å². The van der Waals surface area contributed by atoms with Crippen LogP contribution in [0.2, 0.25) is 0 Å². The second-order valence-corrected chi connectivity index (χ2v) is 6.08. The molecule has 144 valence electrons. The van der Waals surface area contributed by atoms with Crippen molar-refractivity contribution in [2.45, 2.75) is 13.0 Å². The number of urea groups is 1. The largest absolute Gasteiger partial charge is 0.331 e. The van der Waals surface area contributed by atoms with Crippen molar-refractivity contribution in [2.75, 3.05) is 14.1 Å².